The van der Waals surface area contributed by atoms with Gasteiger partial charge < -0.3 is 9.47 Å². The minimum atomic E-state index is -0.755. The second kappa shape index (κ2) is 6.92. The molecule has 8 nitrogen and oxygen atoms in total. The molecule has 0 atom stereocenters. The Bertz CT molecular complexity index is 710. The Morgan fingerprint density at radius 3 is 2.45 bits per heavy atom. The quantitative estimate of drug-likeness (QED) is 0.455. The van der Waals surface area contributed by atoms with Gasteiger partial charge in [-0.15, -0.1) is 0 Å². The molecule has 1 aromatic carbocycles. The van der Waals surface area contributed by atoms with Gasteiger partial charge in [-0.05, 0) is 0 Å². The predicted octanol–water partition coefficient (Wildman–Crippen LogP) is 1.44. The van der Waals surface area contributed by atoms with Crippen LogP contribution in [-0.4, -0.2) is 35.0 Å². The predicted molar refractivity (Wildman–Crippen MR) is 78.4 cm³/mol. The van der Waals surface area contributed by atoms with Crippen LogP contribution in [0.4, 0.5) is 5.69 Å². The highest BCUT2D eigenvalue weighted by Gasteiger charge is 2.21. The van der Waals surface area contributed by atoms with Gasteiger partial charge in [0.1, 0.15) is 12.0 Å². The van der Waals surface area contributed by atoms with Crippen LogP contribution < -0.4 is 5.56 Å². The third kappa shape index (κ3) is 3.18. The number of hydrogen-bond acceptors (Lipinski definition) is 6. The van der Waals surface area contributed by atoms with Gasteiger partial charge in [-0.25, -0.2) is 4.98 Å². The van der Waals surface area contributed by atoms with Crippen LogP contribution in [0.1, 0.15) is 0 Å². The van der Waals surface area contributed by atoms with Crippen molar-refractivity contribution in [3.63, 3.8) is 0 Å². The standard InChI is InChI=1S/C14H15N3O5/c1-21-12(22-2)9-16-13(10-6-4-3-5-7-10)15-8-11(14(16)18)17(19)20/h3-8,12H,9H2,1-2H3. The van der Waals surface area contributed by atoms with Crippen LogP contribution in [-0.2, 0) is 16.0 Å². The Morgan fingerprint density at radius 2 is 1.91 bits per heavy atom. The van der Waals surface area contributed by atoms with Gasteiger partial charge in [-0.3, -0.25) is 19.5 Å². The zero-order valence-corrected chi connectivity index (χ0v) is 12.1. The van der Waals surface area contributed by atoms with Crippen LogP contribution in [0.2, 0.25) is 0 Å². The first kappa shape index (κ1) is 15.8. The lowest BCUT2D eigenvalue weighted by Gasteiger charge is -2.17. The molecule has 0 saturated heterocycles. The van der Waals surface area contributed by atoms with E-state index in [1.807, 2.05) is 6.07 Å². The molecule has 0 fully saturated rings. The molecule has 0 unspecified atom stereocenters. The summed E-state index contributed by atoms with van der Waals surface area (Å²) >= 11 is 0. The first-order valence-corrected chi connectivity index (χ1v) is 6.43. The summed E-state index contributed by atoms with van der Waals surface area (Å²) in [5.41, 5.74) is -0.677. The number of rotatable bonds is 6. The van der Waals surface area contributed by atoms with E-state index in [1.54, 1.807) is 24.3 Å². The number of aromatic nitrogens is 2. The highest BCUT2D eigenvalue weighted by atomic mass is 16.7. The molecule has 0 radical (unpaired) electrons. The van der Waals surface area contributed by atoms with Gasteiger partial charge in [0, 0.05) is 19.8 Å². The molecule has 0 amide bonds. The largest absolute Gasteiger partial charge is 0.354 e. The highest BCUT2D eigenvalue weighted by molar-refractivity contribution is 5.55. The summed E-state index contributed by atoms with van der Waals surface area (Å²) in [5, 5.41) is 10.9. The zero-order chi connectivity index (χ0) is 16.1. The van der Waals surface area contributed by atoms with E-state index in [9.17, 15) is 14.9 Å². The Labute approximate surface area is 126 Å². The van der Waals surface area contributed by atoms with Crippen LogP contribution in [0.5, 0.6) is 0 Å². The molecule has 8 heteroatoms. The Kier molecular flexibility index (Phi) is 4.97. The summed E-state index contributed by atoms with van der Waals surface area (Å²) in [6.45, 7) is -0.00919. The van der Waals surface area contributed by atoms with Crippen LogP contribution in [0.3, 0.4) is 0 Å². The third-order valence-electron chi connectivity index (χ3n) is 3.12. The van der Waals surface area contributed by atoms with Crippen molar-refractivity contribution in [1.29, 1.82) is 0 Å². The van der Waals surface area contributed by atoms with Gasteiger partial charge in [0.2, 0.25) is 0 Å². The van der Waals surface area contributed by atoms with E-state index in [0.717, 1.165) is 6.20 Å². The number of ether oxygens (including phenoxy) is 2. The smallest absolute Gasteiger partial charge is 0.352 e. The maximum atomic E-state index is 12.3. The lowest BCUT2D eigenvalue weighted by molar-refractivity contribution is -0.386. The third-order valence-corrected chi connectivity index (χ3v) is 3.12. The summed E-state index contributed by atoms with van der Waals surface area (Å²) in [6, 6.07) is 8.93. The molecule has 0 saturated carbocycles. The van der Waals surface area contributed by atoms with Crippen LogP contribution in [0.15, 0.2) is 41.3 Å². The summed E-state index contributed by atoms with van der Waals surface area (Å²) in [5.74, 6) is 0.315. The number of benzene rings is 1. The van der Waals surface area contributed by atoms with E-state index in [4.69, 9.17) is 9.47 Å². The van der Waals surface area contributed by atoms with E-state index in [1.165, 1.54) is 18.8 Å². The fourth-order valence-corrected chi connectivity index (χ4v) is 1.99. The molecular weight excluding hydrogens is 290 g/mol. The molecule has 0 spiro atoms. The average Bonchev–Trinajstić information content (AvgIpc) is 2.54. The van der Waals surface area contributed by atoms with Crippen molar-refractivity contribution in [1.82, 2.24) is 9.55 Å². The number of nitro groups is 1. The van der Waals surface area contributed by atoms with Crippen LogP contribution >= 0.6 is 0 Å². The molecule has 0 aliphatic heterocycles. The lowest BCUT2D eigenvalue weighted by atomic mass is 10.2. The molecule has 116 valence electrons. The number of hydrogen-bond donors (Lipinski definition) is 0. The Hall–Kier alpha value is -2.58. The molecule has 22 heavy (non-hydrogen) atoms. The van der Waals surface area contributed by atoms with Crippen molar-refractivity contribution < 1.29 is 14.4 Å². The Balaban J connectivity index is 2.61. The minimum absolute atomic E-state index is 0.00919. The van der Waals surface area contributed by atoms with E-state index >= 15 is 0 Å². The average molecular weight is 305 g/mol. The molecule has 2 aromatic rings. The van der Waals surface area contributed by atoms with Gasteiger partial charge >= 0.3 is 11.2 Å². The van der Waals surface area contributed by atoms with E-state index in [2.05, 4.69) is 4.98 Å². The van der Waals surface area contributed by atoms with Crippen molar-refractivity contribution in [3.8, 4) is 11.4 Å². The molecule has 0 N–H and O–H groups in total. The minimum Gasteiger partial charge on any atom is -0.354 e. The highest BCUT2D eigenvalue weighted by Crippen LogP contribution is 2.17. The van der Waals surface area contributed by atoms with Gasteiger partial charge in [0.25, 0.3) is 0 Å². The summed E-state index contributed by atoms with van der Waals surface area (Å²) in [7, 11) is 2.85. The fraction of sp³-hybridized carbons (Fsp3) is 0.286. The van der Waals surface area contributed by atoms with Crippen molar-refractivity contribution in [2.75, 3.05) is 14.2 Å². The number of methoxy groups -OCH3 is 2. The summed E-state index contributed by atoms with van der Waals surface area (Å²) in [6.07, 6.45) is 0.249. The maximum absolute atomic E-state index is 12.3. The SMILES string of the molecule is COC(Cn1c(-c2ccccc2)ncc([N+](=O)[O-])c1=O)OC. The monoisotopic (exact) mass is 305 g/mol. The second-order valence-electron chi connectivity index (χ2n) is 4.41. The van der Waals surface area contributed by atoms with E-state index in [-0.39, 0.29) is 6.54 Å². The lowest BCUT2D eigenvalue weighted by Crippen LogP contribution is -2.31. The van der Waals surface area contributed by atoms with Crippen LogP contribution in [0, 0.1) is 10.1 Å². The zero-order valence-electron chi connectivity index (χ0n) is 12.1. The molecule has 0 aliphatic rings. The summed E-state index contributed by atoms with van der Waals surface area (Å²) < 4.78 is 11.3. The van der Waals surface area contributed by atoms with Crippen LogP contribution in [0.25, 0.3) is 11.4 Å². The normalized spacial score (nSPS) is 10.9. The van der Waals surface area contributed by atoms with Crippen molar-refractivity contribution in [2.24, 2.45) is 0 Å². The van der Waals surface area contributed by atoms with E-state index < -0.39 is 22.5 Å². The Morgan fingerprint density at radius 1 is 1.27 bits per heavy atom. The molecule has 2 rings (SSSR count). The molecular formula is C14H15N3O5. The van der Waals surface area contributed by atoms with Crippen molar-refractivity contribution in [3.05, 3.63) is 57.0 Å². The fourth-order valence-electron chi connectivity index (χ4n) is 1.99. The molecule has 1 heterocycles. The van der Waals surface area contributed by atoms with Gasteiger partial charge in [0.15, 0.2) is 6.29 Å². The first-order valence-electron chi connectivity index (χ1n) is 6.43. The number of nitrogens with zero attached hydrogens (tertiary/aromatic N) is 3. The maximum Gasteiger partial charge on any atom is 0.352 e. The molecule has 0 aliphatic carbocycles. The molecule has 1 aromatic heterocycles. The summed E-state index contributed by atoms with van der Waals surface area (Å²) in [4.78, 5) is 26.6. The van der Waals surface area contributed by atoms with Gasteiger partial charge in [0.05, 0.1) is 11.5 Å². The first-order chi connectivity index (χ1) is 10.6. The van der Waals surface area contributed by atoms with Gasteiger partial charge in [-0.1, -0.05) is 30.3 Å². The van der Waals surface area contributed by atoms with Gasteiger partial charge in [-0.2, -0.15) is 0 Å². The van der Waals surface area contributed by atoms with E-state index in [0.29, 0.717) is 11.4 Å². The van der Waals surface area contributed by atoms with Crippen molar-refractivity contribution in [2.45, 2.75) is 12.8 Å². The molecule has 0 bridgehead atoms. The van der Waals surface area contributed by atoms with Crippen molar-refractivity contribution >= 4 is 5.69 Å². The topological polar surface area (TPSA) is 96.5 Å². The second-order valence-corrected chi connectivity index (χ2v) is 4.41.